The molecule has 1 amide bonds. The van der Waals surface area contributed by atoms with Gasteiger partial charge in [0, 0.05) is 6.54 Å². The van der Waals surface area contributed by atoms with Crippen molar-refractivity contribution in [3.63, 3.8) is 0 Å². The summed E-state index contributed by atoms with van der Waals surface area (Å²) in [7, 11) is 1.58. The monoisotopic (exact) mass is 317 g/mol. The van der Waals surface area contributed by atoms with E-state index in [1.807, 2.05) is 24.3 Å². The van der Waals surface area contributed by atoms with Crippen molar-refractivity contribution in [2.24, 2.45) is 0 Å². The smallest absolute Gasteiger partial charge is 0.260 e. The lowest BCUT2D eigenvalue weighted by Crippen LogP contribution is -2.32. The predicted molar refractivity (Wildman–Crippen MR) is 82.4 cm³/mol. The first kappa shape index (κ1) is 15.5. The fourth-order valence-corrected chi connectivity index (χ4v) is 3.03. The van der Waals surface area contributed by atoms with Gasteiger partial charge in [-0.2, -0.15) is 0 Å². The number of hydrogen-bond acceptors (Lipinski definition) is 2. The Bertz CT molecular complexity index is 695. The molecule has 0 spiro atoms. The molecule has 0 saturated carbocycles. The van der Waals surface area contributed by atoms with Gasteiger partial charge in [-0.05, 0) is 42.7 Å². The lowest BCUT2D eigenvalue weighted by Gasteiger charge is -2.25. The van der Waals surface area contributed by atoms with Crippen LogP contribution in [-0.4, -0.2) is 24.5 Å². The topological polar surface area (TPSA) is 29.5 Å². The number of nitrogens with zero attached hydrogens (tertiary/aromatic N) is 1. The summed E-state index contributed by atoms with van der Waals surface area (Å²) in [5, 5.41) is 0. The predicted octanol–water partition coefficient (Wildman–Crippen LogP) is 3.95. The van der Waals surface area contributed by atoms with Gasteiger partial charge in [0.25, 0.3) is 5.91 Å². The Morgan fingerprint density at radius 2 is 1.78 bits per heavy atom. The SMILES string of the molecule is COc1ccc([C@H]2CCCN2C(=O)c2c(F)cccc2F)cc1. The van der Waals surface area contributed by atoms with Crippen molar-refractivity contribution in [1.82, 2.24) is 4.90 Å². The van der Waals surface area contributed by atoms with Crippen LogP contribution in [0.2, 0.25) is 0 Å². The molecule has 1 saturated heterocycles. The minimum atomic E-state index is -0.824. The molecule has 0 aromatic heterocycles. The van der Waals surface area contributed by atoms with Gasteiger partial charge < -0.3 is 9.64 Å². The zero-order valence-electron chi connectivity index (χ0n) is 12.8. The number of methoxy groups -OCH3 is 1. The van der Waals surface area contributed by atoms with Crippen molar-refractivity contribution in [3.05, 3.63) is 65.2 Å². The van der Waals surface area contributed by atoms with E-state index in [2.05, 4.69) is 0 Å². The molecule has 3 rings (SSSR count). The first-order valence-electron chi connectivity index (χ1n) is 7.50. The third-order valence-electron chi connectivity index (χ3n) is 4.19. The Morgan fingerprint density at radius 3 is 2.39 bits per heavy atom. The van der Waals surface area contributed by atoms with E-state index in [1.165, 1.54) is 6.07 Å². The van der Waals surface area contributed by atoms with Gasteiger partial charge in [-0.1, -0.05) is 18.2 Å². The van der Waals surface area contributed by atoms with Crippen molar-refractivity contribution in [1.29, 1.82) is 0 Å². The fourth-order valence-electron chi connectivity index (χ4n) is 3.03. The van der Waals surface area contributed by atoms with Crippen LogP contribution in [0.3, 0.4) is 0 Å². The molecule has 1 aliphatic rings. The summed E-state index contributed by atoms with van der Waals surface area (Å²) in [5.74, 6) is -1.52. The molecule has 120 valence electrons. The first-order chi connectivity index (χ1) is 11.1. The number of amides is 1. The molecular formula is C18H17F2NO2. The fraction of sp³-hybridized carbons (Fsp3) is 0.278. The summed E-state index contributed by atoms with van der Waals surface area (Å²) in [6, 6.07) is 10.7. The second-order valence-corrected chi connectivity index (χ2v) is 5.53. The highest BCUT2D eigenvalue weighted by Crippen LogP contribution is 2.34. The second-order valence-electron chi connectivity index (χ2n) is 5.53. The van der Waals surface area contributed by atoms with Crippen molar-refractivity contribution >= 4 is 5.91 Å². The number of halogens is 2. The number of carbonyl (C=O) groups is 1. The van der Waals surface area contributed by atoms with Crippen LogP contribution in [0.15, 0.2) is 42.5 Å². The number of ether oxygens (including phenoxy) is 1. The number of hydrogen-bond donors (Lipinski definition) is 0. The van der Waals surface area contributed by atoms with E-state index in [1.54, 1.807) is 12.0 Å². The van der Waals surface area contributed by atoms with Crippen molar-refractivity contribution in [3.8, 4) is 5.75 Å². The Labute approximate surface area is 133 Å². The molecule has 0 radical (unpaired) electrons. The van der Waals surface area contributed by atoms with Gasteiger partial charge in [0.15, 0.2) is 0 Å². The van der Waals surface area contributed by atoms with Gasteiger partial charge in [-0.15, -0.1) is 0 Å². The molecule has 1 fully saturated rings. The van der Waals surface area contributed by atoms with Crippen LogP contribution >= 0.6 is 0 Å². The van der Waals surface area contributed by atoms with Crippen LogP contribution in [0.25, 0.3) is 0 Å². The number of benzene rings is 2. The number of carbonyl (C=O) groups excluding carboxylic acids is 1. The summed E-state index contributed by atoms with van der Waals surface area (Å²) in [6.07, 6.45) is 1.58. The molecule has 3 nitrogen and oxygen atoms in total. The van der Waals surface area contributed by atoms with Crippen LogP contribution in [-0.2, 0) is 0 Å². The van der Waals surface area contributed by atoms with Gasteiger partial charge in [-0.25, -0.2) is 8.78 Å². The van der Waals surface area contributed by atoms with Crippen LogP contribution < -0.4 is 4.74 Å². The maximum absolute atomic E-state index is 13.9. The molecule has 2 aromatic rings. The van der Waals surface area contributed by atoms with E-state index in [0.29, 0.717) is 6.54 Å². The van der Waals surface area contributed by atoms with E-state index in [0.717, 1.165) is 36.3 Å². The molecule has 1 aliphatic heterocycles. The Morgan fingerprint density at radius 1 is 1.13 bits per heavy atom. The largest absolute Gasteiger partial charge is 0.497 e. The second kappa shape index (κ2) is 6.36. The van der Waals surface area contributed by atoms with Gasteiger partial charge in [0.1, 0.15) is 22.9 Å². The standard InChI is InChI=1S/C18H17F2NO2/c1-23-13-9-7-12(8-10-13)16-6-3-11-21(16)18(22)17-14(19)4-2-5-15(17)20/h2,4-5,7-10,16H,3,6,11H2,1H3/t16-/m1/s1. The van der Waals surface area contributed by atoms with Crippen LogP contribution in [0, 0.1) is 11.6 Å². The average Bonchev–Trinajstić information content (AvgIpc) is 3.04. The molecular weight excluding hydrogens is 300 g/mol. The summed E-state index contributed by atoms with van der Waals surface area (Å²) < 4.78 is 32.9. The summed E-state index contributed by atoms with van der Waals surface area (Å²) in [5.41, 5.74) is 0.460. The zero-order chi connectivity index (χ0) is 16.4. The lowest BCUT2D eigenvalue weighted by atomic mass is 10.0. The number of rotatable bonds is 3. The molecule has 0 N–H and O–H groups in total. The average molecular weight is 317 g/mol. The summed E-state index contributed by atoms with van der Waals surface area (Å²) in [4.78, 5) is 14.2. The Balaban J connectivity index is 1.90. The highest BCUT2D eigenvalue weighted by Gasteiger charge is 2.33. The van der Waals surface area contributed by atoms with Gasteiger partial charge in [0.2, 0.25) is 0 Å². The van der Waals surface area contributed by atoms with Crippen LogP contribution in [0.4, 0.5) is 8.78 Å². The van der Waals surface area contributed by atoms with E-state index < -0.39 is 23.1 Å². The molecule has 23 heavy (non-hydrogen) atoms. The summed E-state index contributed by atoms with van der Waals surface area (Å²) in [6.45, 7) is 0.489. The minimum Gasteiger partial charge on any atom is -0.497 e. The lowest BCUT2D eigenvalue weighted by molar-refractivity contribution is 0.0725. The quantitative estimate of drug-likeness (QED) is 0.858. The molecule has 0 unspecified atom stereocenters. The summed E-state index contributed by atoms with van der Waals surface area (Å²) >= 11 is 0. The van der Waals surface area contributed by atoms with Crippen molar-refractivity contribution in [2.45, 2.75) is 18.9 Å². The van der Waals surface area contributed by atoms with Gasteiger partial charge in [0.05, 0.1) is 13.2 Å². The third kappa shape index (κ3) is 2.91. The highest BCUT2D eigenvalue weighted by atomic mass is 19.1. The molecule has 1 atom stereocenters. The third-order valence-corrected chi connectivity index (χ3v) is 4.19. The van der Waals surface area contributed by atoms with Crippen LogP contribution in [0.1, 0.15) is 34.8 Å². The Kier molecular flexibility index (Phi) is 4.28. The number of likely N-dealkylation sites (tertiary alicyclic amines) is 1. The van der Waals surface area contributed by atoms with Crippen LogP contribution in [0.5, 0.6) is 5.75 Å². The maximum Gasteiger partial charge on any atom is 0.260 e. The minimum absolute atomic E-state index is 0.174. The molecule has 0 aliphatic carbocycles. The molecule has 5 heteroatoms. The van der Waals surface area contributed by atoms with E-state index in [9.17, 15) is 13.6 Å². The maximum atomic E-state index is 13.9. The normalized spacial score (nSPS) is 17.3. The van der Waals surface area contributed by atoms with E-state index in [4.69, 9.17) is 4.74 Å². The molecule has 2 aromatic carbocycles. The van der Waals surface area contributed by atoms with E-state index in [-0.39, 0.29) is 6.04 Å². The van der Waals surface area contributed by atoms with Gasteiger partial charge in [-0.3, -0.25) is 4.79 Å². The van der Waals surface area contributed by atoms with E-state index >= 15 is 0 Å². The molecule has 0 bridgehead atoms. The Hall–Kier alpha value is -2.43. The molecule has 1 heterocycles. The van der Waals surface area contributed by atoms with Gasteiger partial charge >= 0.3 is 0 Å². The first-order valence-corrected chi connectivity index (χ1v) is 7.50. The zero-order valence-corrected chi connectivity index (χ0v) is 12.8. The highest BCUT2D eigenvalue weighted by molar-refractivity contribution is 5.95. The van der Waals surface area contributed by atoms with Crippen molar-refractivity contribution < 1.29 is 18.3 Å². The van der Waals surface area contributed by atoms with Crippen molar-refractivity contribution in [2.75, 3.05) is 13.7 Å².